The molecule has 1 atom stereocenters. The van der Waals surface area contributed by atoms with Crippen molar-refractivity contribution < 1.29 is 36.2 Å². The van der Waals surface area contributed by atoms with Crippen LogP contribution in [0.1, 0.15) is 11.6 Å². The Labute approximate surface area is 117 Å². The van der Waals surface area contributed by atoms with Crippen molar-refractivity contribution in [3.8, 4) is 17.2 Å². The van der Waals surface area contributed by atoms with Crippen LogP contribution in [0.2, 0.25) is 0 Å². The Morgan fingerprint density at radius 2 is 1.33 bits per heavy atom. The molecule has 0 aliphatic carbocycles. The average molecular weight is 315 g/mol. The summed E-state index contributed by atoms with van der Waals surface area (Å²) in [5.41, 5.74) is 4.54. The van der Waals surface area contributed by atoms with E-state index in [4.69, 9.17) is 19.9 Å². The molecule has 21 heavy (non-hydrogen) atoms. The molecule has 0 aromatic heterocycles. The summed E-state index contributed by atoms with van der Waals surface area (Å²) in [7, 11) is 3.50. The van der Waals surface area contributed by atoms with Gasteiger partial charge in [0, 0.05) is 12.1 Å². The Balaban J connectivity index is 3.47. The van der Waals surface area contributed by atoms with E-state index in [9.17, 15) is 22.0 Å². The summed E-state index contributed by atoms with van der Waals surface area (Å²) in [4.78, 5) is 0. The van der Waals surface area contributed by atoms with Gasteiger partial charge in [-0.1, -0.05) is 0 Å². The van der Waals surface area contributed by atoms with Crippen molar-refractivity contribution >= 4 is 0 Å². The summed E-state index contributed by atoms with van der Waals surface area (Å²) in [6, 6.07) is -0.401. The highest BCUT2D eigenvalue weighted by molar-refractivity contribution is 5.53. The first-order valence-corrected chi connectivity index (χ1v) is 5.60. The second-order valence-corrected chi connectivity index (χ2v) is 4.04. The molecule has 4 nitrogen and oxygen atoms in total. The molecule has 0 aliphatic rings. The van der Waals surface area contributed by atoms with Crippen molar-refractivity contribution in [2.75, 3.05) is 21.3 Å². The lowest BCUT2D eigenvalue weighted by Gasteiger charge is -2.28. The van der Waals surface area contributed by atoms with Crippen molar-refractivity contribution in [2.45, 2.75) is 18.1 Å². The predicted octanol–water partition coefficient (Wildman–Crippen LogP) is 2.91. The van der Waals surface area contributed by atoms with Crippen LogP contribution in [-0.4, -0.2) is 33.4 Å². The highest BCUT2D eigenvalue weighted by Crippen LogP contribution is 2.48. The van der Waals surface area contributed by atoms with Crippen LogP contribution in [-0.2, 0) is 0 Å². The number of hydrogen-bond acceptors (Lipinski definition) is 4. The summed E-state index contributed by atoms with van der Waals surface area (Å²) < 4.78 is 78.7. The van der Waals surface area contributed by atoms with Crippen LogP contribution in [0.4, 0.5) is 22.0 Å². The van der Waals surface area contributed by atoms with E-state index in [2.05, 4.69) is 0 Å². The lowest BCUT2D eigenvalue weighted by Crippen LogP contribution is -2.46. The Bertz CT molecular complexity index is 479. The Morgan fingerprint density at radius 1 is 0.905 bits per heavy atom. The molecule has 1 rings (SSSR count). The lowest BCUT2D eigenvalue weighted by atomic mass is 9.98. The number of halogens is 5. The van der Waals surface area contributed by atoms with E-state index in [0.29, 0.717) is 0 Å². The van der Waals surface area contributed by atoms with Crippen molar-refractivity contribution in [1.82, 2.24) is 0 Å². The van der Waals surface area contributed by atoms with E-state index in [-0.39, 0.29) is 17.2 Å². The molecule has 9 heteroatoms. The van der Waals surface area contributed by atoms with E-state index in [1.807, 2.05) is 0 Å². The lowest BCUT2D eigenvalue weighted by molar-refractivity contribution is -0.291. The SMILES string of the molecule is COc1cc(OC)c([C@@H](N)C(F)(F)C(F)(F)F)c(OC)c1. The molecule has 1 aromatic carbocycles. The molecule has 0 saturated heterocycles. The number of benzene rings is 1. The molecule has 0 bridgehead atoms. The van der Waals surface area contributed by atoms with Crippen molar-refractivity contribution in [2.24, 2.45) is 5.73 Å². The fraction of sp³-hybridized carbons (Fsp3) is 0.500. The van der Waals surface area contributed by atoms with Crippen LogP contribution in [0.3, 0.4) is 0 Å². The summed E-state index contributed by atoms with van der Waals surface area (Å²) >= 11 is 0. The standard InChI is InChI=1S/C12H14F5NO3/c1-19-6-4-7(20-2)9(8(5-6)21-3)10(18)11(13,14)12(15,16)17/h4-5,10H,18H2,1-3H3/t10-/m1/s1. The molecule has 2 N–H and O–H groups in total. The fourth-order valence-corrected chi connectivity index (χ4v) is 1.70. The van der Waals surface area contributed by atoms with Gasteiger partial charge in [-0.3, -0.25) is 0 Å². The Kier molecular flexibility index (Phi) is 4.87. The van der Waals surface area contributed by atoms with E-state index in [1.165, 1.54) is 7.11 Å². The van der Waals surface area contributed by atoms with Crippen LogP contribution < -0.4 is 19.9 Å². The molecule has 0 amide bonds. The van der Waals surface area contributed by atoms with Crippen LogP contribution in [0.25, 0.3) is 0 Å². The summed E-state index contributed by atoms with van der Waals surface area (Å²) in [5, 5.41) is 0. The number of hydrogen-bond donors (Lipinski definition) is 1. The van der Waals surface area contributed by atoms with Crippen molar-refractivity contribution in [3.05, 3.63) is 17.7 Å². The highest BCUT2D eigenvalue weighted by Gasteiger charge is 2.62. The zero-order valence-electron chi connectivity index (χ0n) is 11.4. The number of nitrogens with two attached hydrogens (primary N) is 1. The predicted molar refractivity (Wildman–Crippen MR) is 64.0 cm³/mol. The highest BCUT2D eigenvalue weighted by atomic mass is 19.4. The largest absolute Gasteiger partial charge is 0.496 e. The van der Waals surface area contributed by atoms with Crippen LogP contribution in [0.15, 0.2) is 12.1 Å². The third kappa shape index (κ3) is 3.12. The van der Waals surface area contributed by atoms with Gasteiger partial charge in [-0.2, -0.15) is 22.0 Å². The smallest absolute Gasteiger partial charge is 0.455 e. The zero-order chi connectivity index (χ0) is 16.4. The van der Waals surface area contributed by atoms with E-state index in [0.717, 1.165) is 26.4 Å². The maximum Gasteiger partial charge on any atom is 0.455 e. The molecule has 0 spiro atoms. The first-order chi connectivity index (χ1) is 9.60. The normalized spacial score (nSPS) is 13.8. The van der Waals surface area contributed by atoms with Gasteiger partial charge in [0.25, 0.3) is 0 Å². The van der Waals surface area contributed by atoms with Crippen molar-refractivity contribution in [1.29, 1.82) is 0 Å². The third-order valence-electron chi connectivity index (χ3n) is 2.83. The minimum Gasteiger partial charge on any atom is -0.496 e. The zero-order valence-corrected chi connectivity index (χ0v) is 11.4. The van der Waals surface area contributed by atoms with E-state index >= 15 is 0 Å². The average Bonchev–Trinajstić information content (AvgIpc) is 2.43. The van der Waals surface area contributed by atoms with Crippen LogP contribution >= 0.6 is 0 Å². The molecule has 0 fully saturated rings. The second-order valence-electron chi connectivity index (χ2n) is 4.04. The number of rotatable bonds is 5. The second kappa shape index (κ2) is 5.92. The maximum absolute atomic E-state index is 13.4. The van der Waals surface area contributed by atoms with Gasteiger partial charge in [0.1, 0.15) is 23.3 Å². The van der Waals surface area contributed by atoms with Gasteiger partial charge in [0.05, 0.1) is 26.9 Å². The minimum atomic E-state index is -5.80. The Hall–Kier alpha value is -1.77. The third-order valence-corrected chi connectivity index (χ3v) is 2.83. The fourth-order valence-electron chi connectivity index (χ4n) is 1.70. The summed E-state index contributed by atoms with van der Waals surface area (Å²) in [5.74, 6) is -5.57. The van der Waals surface area contributed by atoms with Gasteiger partial charge in [0.15, 0.2) is 0 Å². The Morgan fingerprint density at radius 3 is 1.62 bits per heavy atom. The molecule has 0 aliphatic heterocycles. The van der Waals surface area contributed by atoms with Crippen LogP contribution in [0.5, 0.6) is 17.2 Å². The van der Waals surface area contributed by atoms with E-state index in [1.54, 1.807) is 0 Å². The molecule has 0 heterocycles. The molecular formula is C12H14F5NO3. The molecule has 0 saturated carbocycles. The summed E-state index contributed by atoms with van der Waals surface area (Å²) in [6.07, 6.45) is -5.80. The van der Waals surface area contributed by atoms with Gasteiger partial charge in [-0.15, -0.1) is 0 Å². The number of alkyl halides is 5. The van der Waals surface area contributed by atoms with Gasteiger partial charge in [0.2, 0.25) is 0 Å². The molecular weight excluding hydrogens is 301 g/mol. The minimum absolute atomic E-state index is 0.162. The number of methoxy groups -OCH3 is 3. The first-order valence-electron chi connectivity index (χ1n) is 5.60. The van der Waals surface area contributed by atoms with Gasteiger partial charge in [-0.05, 0) is 0 Å². The molecule has 1 aromatic rings. The molecule has 120 valence electrons. The van der Waals surface area contributed by atoms with Crippen molar-refractivity contribution in [3.63, 3.8) is 0 Å². The van der Waals surface area contributed by atoms with Gasteiger partial charge < -0.3 is 19.9 Å². The van der Waals surface area contributed by atoms with Gasteiger partial charge in [-0.25, -0.2) is 0 Å². The first kappa shape index (κ1) is 17.3. The number of ether oxygens (including phenoxy) is 3. The van der Waals surface area contributed by atoms with Gasteiger partial charge >= 0.3 is 12.1 Å². The maximum atomic E-state index is 13.4. The quantitative estimate of drug-likeness (QED) is 0.849. The topological polar surface area (TPSA) is 53.7 Å². The molecule has 0 unspecified atom stereocenters. The van der Waals surface area contributed by atoms with E-state index < -0.39 is 23.7 Å². The molecule has 0 radical (unpaired) electrons. The van der Waals surface area contributed by atoms with Crippen LogP contribution in [0, 0.1) is 0 Å². The summed E-state index contributed by atoms with van der Waals surface area (Å²) in [6.45, 7) is 0. The monoisotopic (exact) mass is 315 g/mol.